The summed E-state index contributed by atoms with van der Waals surface area (Å²) in [4.78, 5) is 13.8. The van der Waals surface area contributed by atoms with Crippen LogP contribution in [0.4, 0.5) is 0 Å². The Labute approximate surface area is 857 Å². The molecule has 0 radical (unpaired) electrons. The molecular formula is C102H204MoN6OS13-6. The van der Waals surface area contributed by atoms with Gasteiger partial charge < -0.3 is 178 Å². The van der Waals surface area contributed by atoms with Crippen LogP contribution in [0.15, 0.2) is 0 Å². The zero-order chi connectivity index (χ0) is 94.3. The Morgan fingerprint density at radius 2 is 0.236 bits per heavy atom. The minimum absolute atomic E-state index is 0. The minimum Gasteiger partial charge on any atom is -0.411 e. The summed E-state index contributed by atoms with van der Waals surface area (Å²) in [5.41, 5.74) is 0. The van der Waals surface area contributed by atoms with Crippen LogP contribution in [0.2, 0.25) is 0 Å². The van der Waals surface area contributed by atoms with Gasteiger partial charge in [-0.3, -0.25) is 0 Å². The SMILES string of the molecule is CCCCC(CC)CN(CC(CC)CCCC)C(=S)[S-].CCCCC(CC)CN(CC(CC)CCCC)C(=S)[S-].CCCCC(CC)CN(CC(CC)CCCC)C(=S)[S-].CCCCC(CC)CN(CC(CC)CCCC)C(=S)[S-].CCCCC(CC)CN(CC(CC)CCCC)C(=S)[S-].CCCCC(CC)CN(CC(CC)CCCC)C(=S)[S-].O=S.[Mo]. The van der Waals surface area contributed by atoms with E-state index < -0.39 is 0 Å². The molecule has 0 aliphatic rings. The van der Waals surface area contributed by atoms with Crippen molar-refractivity contribution in [2.24, 2.45) is 71.0 Å². The van der Waals surface area contributed by atoms with Crippen LogP contribution in [0.1, 0.15) is 474 Å². The van der Waals surface area contributed by atoms with Crippen molar-refractivity contribution in [3.63, 3.8) is 0 Å². The first-order valence-corrected chi connectivity index (χ1v) is 56.7. The van der Waals surface area contributed by atoms with Crippen molar-refractivity contribution in [3.05, 3.63) is 0 Å². The van der Waals surface area contributed by atoms with Gasteiger partial charge >= 0.3 is 0 Å². The maximum atomic E-state index is 7.83. The second-order valence-electron chi connectivity index (χ2n) is 36.0. The Morgan fingerprint density at radius 1 is 0.171 bits per heavy atom. The van der Waals surface area contributed by atoms with Crippen LogP contribution in [0.3, 0.4) is 0 Å². The Morgan fingerprint density at radius 3 is 0.276 bits per heavy atom. The molecule has 123 heavy (non-hydrogen) atoms. The Kier molecular flexibility index (Phi) is 118. The molecule has 0 saturated carbocycles. The van der Waals surface area contributed by atoms with Crippen molar-refractivity contribution in [1.82, 2.24) is 29.4 Å². The van der Waals surface area contributed by atoms with Gasteiger partial charge in [0, 0.05) is 99.6 Å². The summed E-state index contributed by atoms with van der Waals surface area (Å²) in [6, 6.07) is 0. The molecule has 0 bridgehead atoms. The maximum Gasteiger partial charge on any atom is 0.197 e. The van der Waals surface area contributed by atoms with E-state index in [9.17, 15) is 0 Å². The third-order valence-electron chi connectivity index (χ3n) is 25.8. The topological polar surface area (TPSA) is 36.5 Å². The van der Waals surface area contributed by atoms with Crippen molar-refractivity contribution >= 4 is 188 Å². The van der Waals surface area contributed by atoms with E-state index in [2.05, 4.69) is 208 Å². The maximum absolute atomic E-state index is 7.83. The van der Waals surface area contributed by atoms with Gasteiger partial charge in [-0.05, 0) is 148 Å². The Hall–Kier alpha value is 1.37. The van der Waals surface area contributed by atoms with Crippen molar-refractivity contribution in [2.45, 2.75) is 474 Å². The molecule has 0 rings (SSSR count). The third-order valence-corrected chi connectivity index (χ3v) is 28.9. The second kappa shape index (κ2) is 104. The molecule has 738 valence electrons. The molecule has 7 nitrogen and oxygen atoms in total. The largest absolute Gasteiger partial charge is 0.411 e. The van der Waals surface area contributed by atoms with Crippen LogP contribution in [0, 0.1) is 71.0 Å². The van der Waals surface area contributed by atoms with Crippen LogP contribution < -0.4 is 0 Å². The van der Waals surface area contributed by atoms with E-state index in [-0.39, 0.29) is 21.1 Å². The molecular weight excluding hydrogens is 1840 g/mol. The fraction of sp³-hybridized carbons (Fsp3) is 0.941. The van der Waals surface area contributed by atoms with Gasteiger partial charge in [0.2, 0.25) is 0 Å². The zero-order valence-corrected chi connectivity index (χ0v) is 97.8. The third kappa shape index (κ3) is 86.0. The first kappa shape index (κ1) is 140. The fourth-order valence-corrected chi connectivity index (χ4v) is 17.9. The number of hydrogen-bond donors (Lipinski definition) is 0. The molecule has 0 aliphatic heterocycles. The van der Waals surface area contributed by atoms with E-state index in [4.69, 9.17) is 153 Å². The minimum atomic E-state index is 0. The molecule has 12 unspecified atom stereocenters. The summed E-state index contributed by atoms with van der Waals surface area (Å²) in [5.74, 6) is 8.99. The molecule has 0 aromatic heterocycles. The number of hydrogen-bond acceptors (Lipinski definition) is 14. The predicted octanol–water partition coefficient (Wildman–Crippen LogP) is 33.0. The predicted molar refractivity (Wildman–Crippen MR) is 597 cm³/mol. The van der Waals surface area contributed by atoms with Gasteiger partial charge in [-0.15, -0.1) is 0 Å². The molecule has 0 aromatic carbocycles. The molecule has 0 fully saturated rings. The molecule has 0 spiro atoms. The Bertz CT molecular complexity index is 1780. The van der Waals surface area contributed by atoms with Gasteiger partial charge in [0.1, 0.15) is 0 Å². The number of unbranched alkanes of at least 4 members (excludes halogenated alkanes) is 12. The summed E-state index contributed by atoms with van der Waals surface area (Å²) in [6.45, 7) is 67.5. The molecule has 12 atom stereocenters. The van der Waals surface area contributed by atoms with Crippen molar-refractivity contribution in [1.29, 1.82) is 0 Å². The molecule has 0 saturated heterocycles. The van der Waals surface area contributed by atoms with Gasteiger partial charge in [0.05, 0.1) is 0 Å². The average Bonchev–Trinajstić information content (AvgIpc) is 0.940. The zero-order valence-electron chi connectivity index (χ0n) is 85.2. The first-order chi connectivity index (χ1) is 58.5. The smallest absolute Gasteiger partial charge is 0.197 e. The van der Waals surface area contributed by atoms with Gasteiger partial charge in [-0.2, -0.15) is 4.21 Å². The quantitative estimate of drug-likeness (QED) is 0.0329. The summed E-state index contributed by atoms with van der Waals surface area (Å²) < 4.78 is 11.9. The number of thiocarbonyl (C=S) groups is 6. The normalized spacial score (nSPS) is 13.7. The molecule has 0 aromatic rings. The van der Waals surface area contributed by atoms with Crippen LogP contribution in [-0.2, 0) is 109 Å². The first-order valence-electron chi connectivity index (χ1n) is 51.4. The summed E-state index contributed by atoms with van der Waals surface area (Å²) in [6.07, 6.45) is 61.8. The van der Waals surface area contributed by atoms with Crippen molar-refractivity contribution in [2.75, 3.05) is 78.5 Å². The standard InChI is InChI=1S/6C17H35NS2.Mo.OS/c6*1-5-9-11-15(7-3)13-18(17(19)20)14-16(8-4)12-10-6-2;;1-2/h6*15-16H,5-14H2,1-4H3,(H,19,20);;/p-6. The second-order valence-corrected chi connectivity index (χ2v) is 42.2. The summed E-state index contributed by atoms with van der Waals surface area (Å²) >= 11 is 66.6. The van der Waals surface area contributed by atoms with Gasteiger partial charge in [0.15, 0.2) is 12.5 Å². The van der Waals surface area contributed by atoms with Crippen molar-refractivity contribution < 1.29 is 25.3 Å². The number of rotatable bonds is 72. The molecule has 0 amide bonds. The average molecular weight is 2040 g/mol. The van der Waals surface area contributed by atoms with E-state index in [0.29, 0.717) is 25.9 Å². The van der Waals surface area contributed by atoms with E-state index in [0.717, 1.165) is 150 Å². The van der Waals surface area contributed by atoms with Crippen molar-refractivity contribution in [3.8, 4) is 0 Å². The van der Waals surface area contributed by atoms with E-state index in [1.165, 1.54) is 308 Å². The van der Waals surface area contributed by atoms with Gasteiger partial charge in [-0.1, -0.05) is 423 Å². The summed E-state index contributed by atoms with van der Waals surface area (Å²) in [5, 5.41) is 0. The number of nitrogens with zero attached hydrogens (tertiary/aromatic N) is 6. The molecule has 0 heterocycles. The van der Waals surface area contributed by atoms with Gasteiger partial charge in [0.25, 0.3) is 0 Å². The molecule has 0 N–H and O–H groups in total. The van der Waals surface area contributed by atoms with Crippen LogP contribution in [0.5, 0.6) is 0 Å². The van der Waals surface area contributed by atoms with Crippen LogP contribution >= 0.6 is 73.3 Å². The van der Waals surface area contributed by atoms with Crippen LogP contribution in [0.25, 0.3) is 0 Å². The van der Waals surface area contributed by atoms with E-state index in [1.807, 2.05) is 0 Å². The van der Waals surface area contributed by atoms with E-state index >= 15 is 0 Å². The van der Waals surface area contributed by atoms with Crippen LogP contribution in [-0.4, -0.2) is 138 Å². The fourth-order valence-electron chi connectivity index (χ4n) is 16.1. The van der Waals surface area contributed by atoms with Gasteiger partial charge in [-0.25, -0.2) is 0 Å². The molecule has 21 heteroatoms. The summed E-state index contributed by atoms with van der Waals surface area (Å²) in [7, 11) is 0. The monoisotopic (exact) mass is 2040 g/mol. The Balaban J connectivity index is -0.000000214. The molecule has 0 aliphatic carbocycles. The van der Waals surface area contributed by atoms with E-state index in [1.54, 1.807) is 0 Å².